The van der Waals surface area contributed by atoms with E-state index in [-0.39, 0.29) is 11.8 Å². The molecule has 0 aromatic heterocycles. The molecule has 26 heavy (non-hydrogen) atoms. The Morgan fingerprint density at radius 1 is 1.19 bits per heavy atom. The lowest BCUT2D eigenvalue weighted by Crippen LogP contribution is -2.29. The molecule has 0 bridgehead atoms. The molecule has 1 N–H and O–H groups in total. The Morgan fingerprint density at radius 3 is 2.58 bits per heavy atom. The maximum atomic E-state index is 12.5. The van der Waals surface area contributed by atoms with Gasteiger partial charge in [0.25, 0.3) is 0 Å². The van der Waals surface area contributed by atoms with E-state index < -0.39 is 11.9 Å². The summed E-state index contributed by atoms with van der Waals surface area (Å²) in [6.45, 7) is 0.966. The van der Waals surface area contributed by atoms with Gasteiger partial charge in [-0.05, 0) is 49.1 Å². The second-order valence-corrected chi connectivity index (χ2v) is 7.28. The van der Waals surface area contributed by atoms with Crippen LogP contribution in [0.4, 0.5) is 0 Å². The molecule has 1 aliphatic carbocycles. The zero-order valence-electron chi connectivity index (χ0n) is 15.4. The van der Waals surface area contributed by atoms with E-state index in [1.165, 1.54) is 0 Å². The summed E-state index contributed by atoms with van der Waals surface area (Å²) in [5.41, 5.74) is 1.04. The number of nitrogens with zero attached hydrogens (tertiary/aromatic N) is 1. The van der Waals surface area contributed by atoms with Crippen LogP contribution in [-0.2, 0) is 16.0 Å². The Labute approximate surface area is 154 Å². The van der Waals surface area contributed by atoms with Gasteiger partial charge in [-0.2, -0.15) is 0 Å². The number of carbonyl (C=O) groups is 2. The standard InChI is InChI=1S/C20H27NO5/c1-25-15-9-8-14(18(10-15)26-2)4-3-5-19(22)21-11-16(13-6-7-13)17(12-21)20(23)24/h8-10,13,16-17H,3-7,11-12H2,1-2H3,(H,23,24)/t16-,17+/m1/s1. The monoisotopic (exact) mass is 361 g/mol. The molecule has 1 aromatic carbocycles. The number of carbonyl (C=O) groups excluding carboxylic acids is 1. The van der Waals surface area contributed by atoms with E-state index in [0.717, 1.165) is 36.3 Å². The van der Waals surface area contributed by atoms with Gasteiger partial charge in [0, 0.05) is 25.6 Å². The number of rotatable bonds is 8. The van der Waals surface area contributed by atoms with Crippen LogP contribution in [0.15, 0.2) is 18.2 Å². The molecule has 6 heteroatoms. The largest absolute Gasteiger partial charge is 0.497 e. The topological polar surface area (TPSA) is 76.1 Å². The van der Waals surface area contributed by atoms with Gasteiger partial charge in [0.2, 0.25) is 5.91 Å². The Bertz CT molecular complexity index is 670. The van der Waals surface area contributed by atoms with E-state index in [1.54, 1.807) is 19.1 Å². The Hall–Kier alpha value is -2.24. The molecule has 1 heterocycles. The number of amides is 1. The number of methoxy groups -OCH3 is 2. The summed E-state index contributed by atoms with van der Waals surface area (Å²) in [4.78, 5) is 25.8. The number of hydrogen-bond acceptors (Lipinski definition) is 4. The maximum Gasteiger partial charge on any atom is 0.308 e. The summed E-state index contributed by atoms with van der Waals surface area (Å²) in [5.74, 6) is 1.04. The van der Waals surface area contributed by atoms with Crippen LogP contribution in [0.25, 0.3) is 0 Å². The second kappa shape index (κ2) is 7.98. The average molecular weight is 361 g/mol. The average Bonchev–Trinajstić information content (AvgIpc) is 3.39. The number of benzene rings is 1. The van der Waals surface area contributed by atoms with E-state index in [9.17, 15) is 14.7 Å². The fraction of sp³-hybridized carbons (Fsp3) is 0.600. The van der Waals surface area contributed by atoms with E-state index in [1.807, 2.05) is 18.2 Å². The number of carboxylic acid groups (broad SMARTS) is 1. The molecule has 1 amide bonds. The lowest BCUT2D eigenvalue weighted by Gasteiger charge is -2.16. The molecular formula is C20H27NO5. The number of likely N-dealkylation sites (tertiary alicyclic amines) is 1. The van der Waals surface area contributed by atoms with Gasteiger partial charge in [-0.3, -0.25) is 9.59 Å². The van der Waals surface area contributed by atoms with Gasteiger partial charge in [0.15, 0.2) is 0 Å². The highest BCUT2D eigenvalue weighted by Gasteiger charge is 2.46. The summed E-state index contributed by atoms with van der Waals surface area (Å²) in [6, 6.07) is 5.69. The van der Waals surface area contributed by atoms with Crippen LogP contribution in [-0.4, -0.2) is 49.2 Å². The third-order valence-electron chi connectivity index (χ3n) is 5.59. The third kappa shape index (κ3) is 4.11. The first-order valence-corrected chi connectivity index (χ1v) is 9.25. The van der Waals surface area contributed by atoms with E-state index in [4.69, 9.17) is 9.47 Å². The minimum Gasteiger partial charge on any atom is -0.497 e. The van der Waals surface area contributed by atoms with Gasteiger partial charge in [-0.25, -0.2) is 0 Å². The van der Waals surface area contributed by atoms with Gasteiger partial charge < -0.3 is 19.5 Å². The van der Waals surface area contributed by atoms with Crippen molar-refractivity contribution in [3.05, 3.63) is 23.8 Å². The zero-order valence-corrected chi connectivity index (χ0v) is 15.4. The normalized spacial score (nSPS) is 22.3. The molecule has 0 unspecified atom stereocenters. The van der Waals surface area contributed by atoms with Gasteiger partial charge in [-0.1, -0.05) is 6.07 Å². The van der Waals surface area contributed by atoms with E-state index >= 15 is 0 Å². The Morgan fingerprint density at radius 2 is 1.96 bits per heavy atom. The first-order chi connectivity index (χ1) is 12.5. The number of aryl methyl sites for hydroxylation is 1. The van der Waals surface area contributed by atoms with E-state index in [2.05, 4.69) is 0 Å². The highest BCUT2D eigenvalue weighted by molar-refractivity contribution is 5.79. The van der Waals surface area contributed by atoms with Crippen molar-refractivity contribution in [2.24, 2.45) is 17.8 Å². The number of hydrogen-bond donors (Lipinski definition) is 1. The summed E-state index contributed by atoms with van der Waals surface area (Å²) >= 11 is 0. The first-order valence-electron chi connectivity index (χ1n) is 9.25. The Kier molecular flexibility index (Phi) is 5.69. The summed E-state index contributed by atoms with van der Waals surface area (Å²) in [6.07, 6.45) is 4.09. The van der Waals surface area contributed by atoms with Crippen LogP contribution < -0.4 is 9.47 Å². The zero-order chi connectivity index (χ0) is 18.7. The van der Waals surface area contributed by atoms with Crippen LogP contribution in [0.2, 0.25) is 0 Å². The number of aliphatic carboxylic acids is 1. The molecule has 142 valence electrons. The lowest BCUT2D eigenvalue weighted by atomic mass is 9.92. The molecule has 0 spiro atoms. The van der Waals surface area contributed by atoms with Gasteiger partial charge in [0.05, 0.1) is 20.1 Å². The highest BCUT2D eigenvalue weighted by Crippen LogP contribution is 2.44. The van der Waals surface area contributed by atoms with Crippen molar-refractivity contribution in [1.82, 2.24) is 4.90 Å². The van der Waals surface area contributed by atoms with Crippen LogP contribution in [0.3, 0.4) is 0 Å². The molecule has 1 aromatic rings. The minimum atomic E-state index is -0.764. The third-order valence-corrected chi connectivity index (χ3v) is 5.59. The van der Waals surface area contributed by atoms with Crippen LogP contribution >= 0.6 is 0 Å². The highest BCUT2D eigenvalue weighted by atomic mass is 16.5. The molecule has 6 nitrogen and oxygen atoms in total. The van der Waals surface area contributed by atoms with Gasteiger partial charge in [0.1, 0.15) is 11.5 Å². The summed E-state index contributed by atoms with van der Waals surface area (Å²) in [5, 5.41) is 9.42. The molecule has 3 rings (SSSR count). The molecule has 1 saturated carbocycles. The predicted molar refractivity (Wildman–Crippen MR) is 96.4 cm³/mol. The van der Waals surface area contributed by atoms with Crippen molar-refractivity contribution in [2.75, 3.05) is 27.3 Å². The molecule has 1 saturated heterocycles. The van der Waals surface area contributed by atoms with Crippen LogP contribution in [0.5, 0.6) is 11.5 Å². The molecule has 2 atom stereocenters. The van der Waals surface area contributed by atoms with Crippen LogP contribution in [0, 0.1) is 17.8 Å². The first kappa shape index (κ1) is 18.5. The second-order valence-electron chi connectivity index (χ2n) is 7.28. The quantitative estimate of drug-likeness (QED) is 0.770. The molecular weight excluding hydrogens is 334 g/mol. The van der Waals surface area contributed by atoms with Crippen molar-refractivity contribution >= 4 is 11.9 Å². The fourth-order valence-electron chi connectivity index (χ4n) is 3.94. The molecule has 1 aliphatic heterocycles. The lowest BCUT2D eigenvalue weighted by molar-refractivity contribution is -0.142. The predicted octanol–water partition coefficient (Wildman–Crippen LogP) is 2.60. The van der Waals surface area contributed by atoms with Crippen molar-refractivity contribution in [1.29, 1.82) is 0 Å². The van der Waals surface area contributed by atoms with Gasteiger partial charge >= 0.3 is 5.97 Å². The smallest absolute Gasteiger partial charge is 0.308 e. The molecule has 2 fully saturated rings. The van der Waals surface area contributed by atoms with Crippen molar-refractivity contribution < 1.29 is 24.2 Å². The van der Waals surface area contributed by atoms with E-state index in [0.29, 0.717) is 31.8 Å². The van der Waals surface area contributed by atoms with Gasteiger partial charge in [-0.15, -0.1) is 0 Å². The number of ether oxygens (including phenoxy) is 2. The SMILES string of the molecule is COc1ccc(CCCC(=O)N2C[C@H](C(=O)O)[C@@H](C3CC3)C2)c(OC)c1. The molecule has 0 radical (unpaired) electrons. The summed E-state index contributed by atoms with van der Waals surface area (Å²) < 4.78 is 10.6. The number of carboxylic acids is 1. The van der Waals surface area contributed by atoms with Crippen molar-refractivity contribution in [3.63, 3.8) is 0 Å². The minimum absolute atomic E-state index is 0.0619. The maximum absolute atomic E-state index is 12.5. The van der Waals surface area contributed by atoms with Crippen LogP contribution in [0.1, 0.15) is 31.2 Å². The Balaban J connectivity index is 1.52. The molecule has 2 aliphatic rings. The summed E-state index contributed by atoms with van der Waals surface area (Å²) in [7, 11) is 3.24. The van der Waals surface area contributed by atoms with Crippen molar-refractivity contribution in [3.8, 4) is 11.5 Å². The fourth-order valence-corrected chi connectivity index (χ4v) is 3.94. The van der Waals surface area contributed by atoms with Crippen molar-refractivity contribution in [2.45, 2.75) is 32.1 Å².